The molecule has 1 N–H and O–H groups in total. The van der Waals surface area contributed by atoms with Crippen LogP contribution in [0.15, 0.2) is 0 Å². The Hall–Kier alpha value is 0.260. The zero-order valence-corrected chi connectivity index (χ0v) is 11.8. The molecule has 98 valence electrons. The van der Waals surface area contributed by atoms with E-state index in [0.717, 1.165) is 5.33 Å². The zero-order valence-electron chi connectivity index (χ0n) is 10.2. The molecule has 0 aliphatic rings. The molecule has 1 unspecified atom stereocenters. The summed E-state index contributed by atoms with van der Waals surface area (Å²) in [6.45, 7) is 6.84. The molecule has 0 fully saturated rings. The summed E-state index contributed by atoms with van der Waals surface area (Å²) in [6.07, 6.45) is -2.34. The zero-order chi connectivity index (χ0) is 12.8. The van der Waals surface area contributed by atoms with Crippen molar-refractivity contribution in [2.45, 2.75) is 27.2 Å². The van der Waals surface area contributed by atoms with E-state index in [1.54, 1.807) is 4.90 Å². The van der Waals surface area contributed by atoms with Crippen molar-refractivity contribution < 1.29 is 13.9 Å². The summed E-state index contributed by atoms with van der Waals surface area (Å²) in [5, 5.41) is 9.62. The molecule has 0 bridgehead atoms. The summed E-state index contributed by atoms with van der Waals surface area (Å²) in [4.78, 5) is 1.63. The van der Waals surface area contributed by atoms with Crippen LogP contribution >= 0.6 is 15.9 Å². The van der Waals surface area contributed by atoms with Gasteiger partial charge in [0.25, 0.3) is 6.43 Å². The summed E-state index contributed by atoms with van der Waals surface area (Å²) in [7, 11) is 0. The van der Waals surface area contributed by atoms with E-state index >= 15 is 0 Å². The molecule has 2 nitrogen and oxygen atoms in total. The molecule has 0 amide bonds. The highest BCUT2D eigenvalue weighted by atomic mass is 79.9. The van der Waals surface area contributed by atoms with Gasteiger partial charge in [-0.05, 0) is 11.3 Å². The highest BCUT2D eigenvalue weighted by molar-refractivity contribution is 9.09. The van der Waals surface area contributed by atoms with Crippen molar-refractivity contribution in [2.24, 2.45) is 11.3 Å². The monoisotopic (exact) mass is 301 g/mol. The molecule has 0 rings (SSSR count). The van der Waals surface area contributed by atoms with Crippen LogP contribution in [0.4, 0.5) is 8.78 Å². The first-order valence-electron chi connectivity index (χ1n) is 5.48. The fraction of sp³-hybridized carbons (Fsp3) is 1.00. The standard InChI is InChI=1S/C11H22BrF2NO/c1-11(2,3)9(6-12)7-15(4-5-16)8-10(13)14/h9-10,16H,4-8H2,1-3H3. The van der Waals surface area contributed by atoms with Crippen molar-refractivity contribution in [1.82, 2.24) is 4.90 Å². The van der Waals surface area contributed by atoms with Gasteiger partial charge < -0.3 is 5.11 Å². The number of aliphatic hydroxyl groups excluding tert-OH is 1. The fourth-order valence-corrected chi connectivity index (χ4v) is 2.64. The molecule has 0 aromatic heterocycles. The predicted molar refractivity (Wildman–Crippen MR) is 66.3 cm³/mol. The van der Waals surface area contributed by atoms with Crippen LogP contribution in [0.25, 0.3) is 0 Å². The third-order valence-corrected chi connectivity index (χ3v) is 3.48. The van der Waals surface area contributed by atoms with E-state index in [2.05, 4.69) is 36.7 Å². The van der Waals surface area contributed by atoms with Crippen LogP contribution in [0.1, 0.15) is 20.8 Å². The van der Waals surface area contributed by atoms with E-state index in [9.17, 15) is 8.78 Å². The summed E-state index contributed by atoms with van der Waals surface area (Å²) >= 11 is 3.42. The molecule has 0 radical (unpaired) electrons. The third kappa shape index (κ3) is 6.76. The summed E-state index contributed by atoms with van der Waals surface area (Å²) in [5.41, 5.74) is 0.0688. The van der Waals surface area contributed by atoms with Gasteiger partial charge >= 0.3 is 0 Å². The van der Waals surface area contributed by atoms with Crippen molar-refractivity contribution in [3.63, 3.8) is 0 Å². The highest BCUT2D eigenvalue weighted by Crippen LogP contribution is 2.28. The maximum absolute atomic E-state index is 12.3. The molecular formula is C11H22BrF2NO. The second-order valence-corrected chi connectivity index (χ2v) is 5.74. The third-order valence-electron chi connectivity index (χ3n) is 2.70. The predicted octanol–water partition coefficient (Wildman–Crippen LogP) is 2.60. The summed E-state index contributed by atoms with van der Waals surface area (Å²) in [5.74, 6) is 0.290. The van der Waals surface area contributed by atoms with Crippen molar-refractivity contribution in [2.75, 3.05) is 31.6 Å². The second kappa shape index (κ2) is 7.56. The first-order valence-corrected chi connectivity index (χ1v) is 6.60. The van der Waals surface area contributed by atoms with E-state index in [1.165, 1.54) is 0 Å². The van der Waals surface area contributed by atoms with Gasteiger partial charge in [-0.25, -0.2) is 8.78 Å². The van der Waals surface area contributed by atoms with Gasteiger partial charge in [0.05, 0.1) is 13.2 Å². The van der Waals surface area contributed by atoms with Gasteiger partial charge in [0, 0.05) is 18.4 Å². The van der Waals surface area contributed by atoms with Gasteiger partial charge in [-0.15, -0.1) is 0 Å². The molecule has 1 atom stereocenters. The normalized spacial score (nSPS) is 14.8. The number of hydrogen-bond acceptors (Lipinski definition) is 2. The Morgan fingerprint density at radius 3 is 2.12 bits per heavy atom. The van der Waals surface area contributed by atoms with Crippen molar-refractivity contribution in [1.29, 1.82) is 0 Å². The Labute approximate surface area is 105 Å². The molecule has 0 aromatic carbocycles. The second-order valence-electron chi connectivity index (χ2n) is 5.09. The van der Waals surface area contributed by atoms with Gasteiger partial charge in [-0.2, -0.15) is 0 Å². The minimum Gasteiger partial charge on any atom is -0.395 e. The summed E-state index contributed by atoms with van der Waals surface area (Å²) in [6, 6.07) is 0. The lowest BCUT2D eigenvalue weighted by Gasteiger charge is -2.34. The van der Waals surface area contributed by atoms with Gasteiger partial charge in [-0.1, -0.05) is 36.7 Å². The van der Waals surface area contributed by atoms with Crippen LogP contribution in [0, 0.1) is 11.3 Å². The minimum absolute atomic E-state index is 0.0688. The van der Waals surface area contributed by atoms with Crippen LogP contribution in [0.3, 0.4) is 0 Å². The van der Waals surface area contributed by atoms with Crippen molar-refractivity contribution in [3.8, 4) is 0 Å². The van der Waals surface area contributed by atoms with E-state index in [0.29, 0.717) is 13.1 Å². The Morgan fingerprint density at radius 1 is 1.25 bits per heavy atom. The lowest BCUT2D eigenvalue weighted by Crippen LogP contribution is -2.40. The number of alkyl halides is 3. The molecule has 16 heavy (non-hydrogen) atoms. The van der Waals surface area contributed by atoms with Crippen LogP contribution in [0.5, 0.6) is 0 Å². The minimum atomic E-state index is -2.34. The van der Waals surface area contributed by atoms with E-state index < -0.39 is 6.43 Å². The van der Waals surface area contributed by atoms with E-state index in [-0.39, 0.29) is 24.5 Å². The van der Waals surface area contributed by atoms with Crippen LogP contribution in [-0.4, -0.2) is 48.0 Å². The smallest absolute Gasteiger partial charge is 0.251 e. The number of rotatable bonds is 7. The molecule has 0 aromatic rings. The Bertz CT molecular complexity index is 185. The topological polar surface area (TPSA) is 23.5 Å². The van der Waals surface area contributed by atoms with Gasteiger partial charge in [0.15, 0.2) is 0 Å². The van der Waals surface area contributed by atoms with Gasteiger partial charge in [0.2, 0.25) is 0 Å². The highest BCUT2D eigenvalue weighted by Gasteiger charge is 2.26. The SMILES string of the molecule is CC(C)(C)C(CBr)CN(CCO)CC(F)F. The summed E-state index contributed by atoms with van der Waals surface area (Å²) < 4.78 is 24.6. The molecule has 5 heteroatoms. The average Bonchev–Trinajstić information content (AvgIpc) is 2.11. The van der Waals surface area contributed by atoms with Gasteiger partial charge in [0.1, 0.15) is 0 Å². The Kier molecular flexibility index (Phi) is 7.68. The number of hydrogen-bond donors (Lipinski definition) is 1. The molecule has 0 saturated carbocycles. The Morgan fingerprint density at radius 2 is 1.81 bits per heavy atom. The number of halogens is 3. The average molecular weight is 302 g/mol. The Balaban J connectivity index is 4.34. The maximum Gasteiger partial charge on any atom is 0.251 e. The fourth-order valence-electron chi connectivity index (χ4n) is 1.46. The molecule has 0 heterocycles. The van der Waals surface area contributed by atoms with E-state index in [1.807, 2.05) is 0 Å². The van der Waals surface area contributed by atoms with E-state index in [4.69, 9.17) is 5.11 Å². The van der Waals surface area contributed by atoms with Gasteiger partial charge in [-0.3, -0.25) is 4.90 Å². The number of aliphatic hydroxyl groups is 1. The molecule has 0 aliphatic heterocycles. The molecule has 0 saturated heterocycles. The first kappa shape index (κ1) is 16.3. The molecular weight excluding hydrogens is 280 g/mol. The van der Waals surface area contributed by atoms with Crippen LogP contribution in [-0.2, 0) is 0 Å². The molecule has 0 aliphatic carbocycles. The van der Waals surface area contributed by atoms with Crippen LogP contribution < -0.4 is 0 Å². The lowest BCUT2D eigenvalue weighted by atomic mass is 9.82. The quantitative estimate of drug-likeness (QED) is 0.731. The number of nitrogens with zero attached hydrogens (tertiary/aromatic N) is 1. The largest absolute Gasteiger partial charge is 0.395 e. The van der Waals surface area contributed by atoms with Crippen molar-refractivity contribution >= 4 is 15.9 Å². The first-order chi connectivity index (χ1) is 7.31. The lowest BCUT2D eigenvalue weighted by molar-refractivity contribution is 0.0595. The maximum atomic E-state index is 12.3. The molecule has 0 spiro atoms. The van der Waals surface area contributed by atoms with Crippen molar-refractivity contribution in [3.05, 3.63) is 0 Å². The van der Waals surface area contributed by atoms with Crippen LogP contribution in [0.2, 0.25) is 0 Å².